The zero-order valence-corrected chi connectivity index (χ0v) is 17.7. The smallest absolute Gasteiger partial charge is 0.360 e. The van der Waals surface area contributed by atoms with Crippen LogP contribution in [0.3, 0.4) is 0 Å². The van der Waals surface area contributed by atoms with E-state index in [0.717, 1.165) is 17.5 Å². The normalized spacial score (nSPS) is 12.9. The number of rotatable bonds is 7. The number of H-pyrrole nitrogens is 1. The maximum Gasteiger partial charge on any atom is 0.434 e. The Morgan fingerprint density at radius 1 is 1.13 bits per heavy atom. The highest BCUT2D eigenvalue weighted by atomic mass is 32.3. The van der Waals surface area contributed by atoms with Crippen LogP contribution in [0.25, 0.3) is 22.6 Å². The van der Waals surface area contributed by atoms with Gasteiger partial charge in [0.2, 0.25) is 5.56 Å². The van der Waals surface area contributed by atoms with Crippen molar-refractivity contribution in [3.05, 3.63) is 58.9 Å². The number of alkyl halides is 3. The summed E-state index contributed by atoms with van der Waals surface area (Å²) in [6.45, 7) is 0.410. The van der Waals surface area contributed by atoms with Gasteiger partial charge in [-0.2, -0.15) is 13.2 Å². The molecule has 0 bridgehead atoms. The molecule has 0 aromatic carbocycles. The highest BCUT2D eigenvalue weighted by Crippen LogP contribution is 2.34. The van der Waals surface area contributed by atoms with Crippen LogP contribution in [0.2, 0.25) is 0 Å². The highest BCUT2D eigenvalue weighted by Gasteiger charge is 2.35. The monoisotopic (exact) mass is 440 g/mol. The van der Waals surface area contributed by atoms with Gasteiger partial charge in [0.1, 0.15) is 12.4 Å². The number of halogens is 3. The predicted octanol–water partition coefficient (Wildman–Crippen LogP) is 3.99. The number of aromatic amines is 1. The second-order valence-electron chi connectivity index (χ2n) is 7.62. The minimum atomic E-state index is -4.56. The standard InChI is InChI=1S/C20H23F3N4O2S/c1-30(2,3)9-8-29-13-27-12-17(20(21,22)23)26-19(27)16-6-4-14(10-24-16)15-5-7-18(28)25-11-15/h4-7,10-12H,8-9,13H2,1-3H3,(H,25,28). The van der Waals surface area contributed by atoms with Gasteiger partial charge in [0.15, 0.2) is 11.5 Å². The van der Waals surface area contributed by atoms with Gasteiger partial charge in [-0.15, -0.1) is 0 Å². The third kappa shape index (κ3) is 5.73. The maximum atomic E-state index is 13.2. The molecule has 3 rings (SSSR count). The molecular weight excluding hydrogens is 417 g/mol. The van der Waals surface area contributed by atoms with Gasteiger partial charge in [0.25, 0.3) is 0 Å². The summed E-state index contributed by atoms with van der Waals surface area (Å²) in [7, 11) is -0.757. The van der Waals surface area contributed by atoms with E-state index in [1.807, 2.05) is 0 Å². The van der Waals surface area contributed by atoms with Crippen LogP contribution in [0.15, 0.2) is 47.7 Å². The first kappa shape index (κ1) is 22.1. The van der Waals surface area contributed by atoms with Crippen molar-refractivity contribution in [1.82, 2.24) is 19.5 Å². The fourth-order valence-corrected chi connectivity index (χ4v) is 3.23. The molecule has 0 aliphatic rings. The lowest BCUT2D eigenvalue weighted by Gasteiger charge is -2.24. The molecule has 30 heavy (non-hydrogen) atoms. The van der Waals surface area contributed by atoms with Crippen LogP contribution >= 0.6 is 10.0 Å². The van der Waals surface area contributed by atoms with Crippen molar-refractivity contribution >= 4 is 10.0 Å². The van der Waals surface area contributed by atoms with Crippen LogP contribution in [0.1, 0.15) is 5.69 Å². The molecule has 0 fully saturated rings. The molecule has 0 radical (unpaired) electrons. The maximum absolute atomic E-state index is 13.2. The van der Waals surface area contributed by atoms with E-state index in [0.29, 0.717) is 17.9 Å². The van der Waals surface area contributed by atoms with Crippen molar-refractivity contribution in [2.45, 2.75) is 12.9 Å². The average Bonchev–Trinajstić information content (AvgIpc) is 3.10. The molecule has 0 unspecified atom stereocenters. The van der Waals surface area contributed by atoms with Crippen molar-refractivity contribution in [3.63, 3.8) is 0 Å². The summed E-state index contributed by atoms with van der Waals surface area (Å²) >= 11 is 0. The molecule has 1 N–H and O–H groups in total. The van der Waals surface area contributed by atoms with Crippen molar-refractivity contribution in [2.24, 2.45) is 0 Å². The molecule has 3 heterocycles. The first-order valence-electron chi connectivity index (χ1n) is 9.06. The van der Waals surface area contributed by atoms with E-state index in [9.17, 15) is 18.0 Å². The van der Waals surface area contributed by atoms with Crippen molar-refractivity contribution in [2.75, 3.05) is 31.1 Å². The Balaban J connectivity index is 1.85. The van der Waals surface area contributed by atoms with Gasteiger partial charge in [-0.05, 0) is 36.5 Å². The summed E-state index contributed by atoms with van der Waals surface area (Å²) in [5, 5.41) is 0. The highest BCUT2D eigenvalue weighted by molar-refractivity contribution is 8.32. The fourth-order valence-electron chi connectivity index (χ4n) is 2.61. The Kier molecular flexibility index (Phi) is 6.37. The number of hydrogen-bond acceptors (Lipinski definition) is 4. The van der Waals surface area contributed by atoms with E-state index in [1.54, 1.807) is 24.4 Å². The van der Waals surface area contributed by atoms with Crippen LogP contribution < -0.4 is 5.56 Å². The molecule has 0 amide bonds. The zero-order valence-electron chi connectivity index (χ0n) is 16.9. The number of pyridine rings is 2. The summed E-state index contributed by atoms with van der Waals surface area (Å²) in [6.07, 6.45) is 5.89. The molecule has 0 spiro atoms. The molecule has 10 heteroatoms. The summed E-state index contributed by atoms with van der Waals surface area (Å²) in [4.78, 5) is 21.8. The van der Waals surface area contributed by atoms with Gasteiger partial charge in [0, 0.05) is 36.0 Å². The second-order valence-corrected chi connectivity index (χ2v) is 12.2. The molecule has 3 aromatic rings. The van der Waals surface area contributed by atoms with Crippen molar-refractivity contribution in [1.29, 1.82) is 0 Å². The van der Waals surface area contributed by atoms with Crippen LogP contribution in [0, 0.1) is 0 Å². The Labute approximate surface area is 173 Å². The number of nitrogens with zero attached hydrogens (tertiary/aromatic N) is 3. The number of ether oxygens (including phenoxy) is 1. The zero-order chi connectivity index (χ0) is 21.9. The van der Waals surface area contributed by atoms with Crippen molar-refractivity contribution in [3.8, 4) is 22.6 Å². The summed E-state index contributed by atoms with van der Waals surface area (Å²) in [5.74, 6) is 0.938. The second kappa shape index (κ2) is 8.65. The number of nitrogens with one attached hydrogen (secondary N) is 1. The minimum Gasteiger partial charge on any atom is -0.360 e. The van der Waals surface area contributed by atoms with Crippen molar-refractivity contribution < 1.29 is 17.9 Å². The van der Waals surface area contributed by atoms with Gasteiger partial charge in [-0.1, -0.05) is 6.07 Å². The molecular formula is C20H23F3N4O2S. The number of hydrogen-bond donors (Lipinski definition) is 1. The summed E-state index contributed by atoms with van der Waals surface area (Å²) in [6, 6.07) is 6.34. The number of aromatic nitrogens is 4. The first-order valence-corrected chi connectivity index (χ1v) is 12.1. The Hall–Kier alpha value is -2.59. The van der Waals surface area contributed by atoms with Crippen LogP contribution in [-0.2, 0) is 17.6 Å². The fraction of sp³-hybridized carbons (Fsp3) is 0.350. The van der Waals surface area contributed by atoms with Crippen LogP contribution in [0.4, 0.5) is 13.2 Å². The summed E-state index contributed by atoms with van der Waals surface area (Å²) in [5.41, 5.74) is 0.533. The SMILES string of the molecule is CS(C)(C)CCOCn1cc(C(F)(F)F)nc1-c1ccc(-c2ccc(=O)[nH]c2)cn1. The topological polar surface area (TPSA) is 72.8 Å². The van der Waals surface area contributed by atoms with E-state index in [2.05, 4.69) is 33.7 Å². The predicted molar refractivity (Wildman–Crippen MR) is 113 cm³/mol. The van der Waals surface area contributed by atoms with E-state index in [4.69, 9.17) is 4.74 Å². The van der Waals surface area contributed by atoms with E-state index in [-0.39, 0.29) is 18.1 Å². The lowest BCUT2D eigenvalue weighted by Crippen LogP contribution is -2.10. The van der Waals surface area contributed by atoms with Gasteiger partial charge < -0.3 is 14.3 Å². The lowest BCUT2D eigenvalue weighted by atomic mass is 10.1. The average molecular weight is 440 g/mol. The molecule has 0 saturated carbocycles. The van der Waals surface area contributed by atoms with Gasteiger partial charge >= 0.3 is 6.18 Å². The largest absolute Gasteiger partial charge is 0.434 e. The third-order valence-corrected chi connectivity index (χ3v) is 5.64. The molecule has 6 nitrogen and oxygen atoms in total. The Morgan fingerprint density at radius 2 is 1.87 bits per heavy atom. The lowest BCUT2D eigenvalue weighted by molar-refractivity contribution is -0.141. The quantitative estimate of drug-likeness (QED) is 0.564. The minimum absolute atomic E-state index is 0.0444. The van der Waals surface area contributed by atoms with Crippen LogP contribution in [0.5, 0.6) is 0 Å². The van der Waals surface area contributed by atoms with Crippen LogP contribution in [-0.4, -0.2) is 50.6 Å². The molecule has 0 aliphatic carbocycles. The van der Waals surface area contributed by atoms with E-state index in [1.165, 1.54) is 16.8 Å². The molecule has 0 aliphatic heterocycles. The number of imidazole rings is 1. The molecule has 162 valence electrons. The molecule has 3 aromatic heterocycles. The third-order valence-electron chi connectivity index (χ3n) is 4.25. The van der Waals surface area contributed by atoms with Gasteiger partial charge in [-0.25, -0.2) is 15.0 Å². The van der Waals surface area contributed by atoms with Gasteiger partial charge in [0.05, 0.1) is 6.61 Å². The van der Waals surface area contributed by atoms with Gasteiger partial charge in [-0.3, -0.25) is 9.78 Å². The summed E-state index contributed by atoms with van der Waals surface area (Å²) < 4.78 is 46.5. The first-order chi connectivity index (χ1) is 14.0. The van der Waals surface area contributed by atoms with E-state index >= 15 is 0 Å². The Bertz CT molecular complexity index is 1030. The van der Waals surface area contributed by atoms with E-state index < -0.39 is 21.9 Å². The Morgan fingerprint density at radius 3 is 2.43 bits per heavy atom. The molecule has 0 atom stereocenters. The molecule has 0 saturated heterocycles.